The third-order valence-corrected chi connectivity index (χ3v) is 1.53. The first-order valence-corrected chi connectivity index (χ1v) is 4.38. The van der Waals surface area contributed by atoms with Crippen LogP contribution in [0.15, 0.2) is 0 Å². The Hall–Kier alpha value is -1.43. The maximum atomic E-state index is 8.63. The van der Waals surface area contributed by atoms with Gasteiger partial charge in [0.05, 0.1) is 6.61 Å². The molecule has 78 valence electrons. The van der Waals surface area contributed by atoms with Gasteiger partial charge in [-0.3, -0.25) is 0 Å². The molecule has 1 aromatic heterocycles. The van der Waals surface area contributed by atoms with Crippen molar-refractivity contribution >= 4 is 11.9 Å². The van der Waals surface area contributed by atoms with E-state index in [0.717, 1.165) is 0 Å². The van der Waals surface area contributed by atoms with Gasteiger partial charge in [-0.15, -0.1) is 0 Å². The number of hydrogen-bond donors (Lipinski definition) is 2. The van der Waals surface area contributed by atoms with Crippen molar-refractivity contribution in [2.45, 2.75) is 6.92 Å². The van der Waals surface area contributed by atoms with Crippen molar-refractivity contribution in [2.24, 2.45) is 0 Å². The van der Waals surface area contributed by atoms with E-state index in [0.29, 0.717) is 24.3 Å². The highest BCUT2D eigenvalue weighted by Gasteiger charge is 2.04. The van der Waals surface area contributed by atoms with E-state index in [1.54, 1.807) is 11.8 Å². The lowest BCUT2D eigenvalue weighted by molar-refractivity contribution is 0.310. The zero-order chi connectivity index (χ0) is 10.6. The summed E-state index contributed by atoms with van der Waals surface area (Å²) in [5.41, 5.74) is 0. The minimum atomic E-state index is 0.0576. The van der Waals surface area contributed by atoms with Crippen molar-refractivity contribution in [3.8, 4) is 0 Å². The van der Waals surface area contributed by atoms with Gasteiger partial charge in [0.1, 0.15) is 5.82 Å². The second kappa shape index (κ2) is 4.71. The highest BCUT2D eigenvalue weighted by atomic mass is 16.3. The number of aliphatic hydroxyl groups is 1. The van der Waals surface area contributed by atoms with Crippen LogP contribution in [0.4, 0.5) is 11.9 Å². The zero-order valence-corrected chi connectivity index (χ0v) is 8.65. The van der Waals surface area contributed by atoms with Crippen LogP contribution in [0.2, 0.25) is 0 Å². The molecule has 0 unspecified atom stereocenters. The van der Waals surface area contributed by atoms with Crippen molar-refractivity contribution in [2.75, 3.05) is 37.5 Å². The Bertz CT molecular complexity index is 302. The molecule has 0 amide bonds. The van der Waals surface area contributed by atoms with Crippen molar-refractivity contribution in [1.29, 1.82) is 0 Å². The standard InChI is InChI=1S/C8H15N5O/c1-6-10-7(9-4-5-14)12-8(11-6)13(2)3/h14H,4-5H2,1-3H3,(H,9,10,11,12). The molecule has 6 heteroatoms. The highest BCUT2D eigenvalue weighted by molar-refractivity contribution is 5.35. The van der Waals surface area contributed by atoms with Crippen molar-refractivity contribution in [1.82, 2.24) is 15.0 Å². The number of nitrogens with one attached hydrogen (secondary N) is 1. The van der Waals surface area contributed by atoms with E-state index in [4.69, 9.17) is 5.11 Å². The van der Waals surface area contributed by atoms with E-state index in [-0.39, 0.29) is 6.61 Å². The molecule has 0 aliphatic heterocycles. The lowest BCUT2D eigenvalue weighted by atomic mass is 10.6. The molecule has 0 spiro atoms. The predicted octanol–water partition coefficient (Wildman–Crippen LogP) is -0.350. The zero-order valence-electron chi connectivity index (χ0n) is 8.65. The van der Waals surface area contributed by atoms with Gasteiger partial charge in [0.15, 0.2) is 0 Å². The summed E-state index contributed by atoms with van der Waals surface area (Å²) in [6.45, 7) is 2.30. The van der Waals surface area contributed by atoms with Crippen LogP contribution in [0.25, 0.3) is 0 Å². The second-order valence-electron chi connectivity index (χ2n) is 3.05. The molecule has 0 fully saturated rings. The summed E-state index contributed by atoms with van der Waals surface area (Å²) in [5.74, 6) is 1.76. The number of rotatable bonds is 4. The SMILES string of the molecule is Cc1nc(NCCO)nc(N(C)C)n1. The van der Waals surface area contributed by atoms with Crippen LogP contribution in [0, 0.1) is 6.92 Å². The molecular formula is C8H15N5O. The first-order chi connectivity index (χ1) is 6.63. The minimum absolute atomic E-state index is 0.0576. The highest BCUT2D eigenvalue weighted by Crippen LogP contribution is 2.06. The monoisotopic (exact) mass is 197 g/mol. The maximum absolute atomic E-state index is 8.63. The Morgan fingerprint density at radius 3 is 2.57 bits per heavy atom. The number of anilines is 2. The molecular weight excluding hydrogens is 182 g/mol. The Morgan fingerprint density at radius 1 is 1.29 bits per heavy atom. The summed E-state index contributed by atoms with van der Waals surface area (Å²) >= 11 is 0. The number of aryl methyl sites for hydroxylation is 1. The summed E-state index contributed by atoms with van der Waals surface area (Å²) < 4.78 is 0. The van der Waals surface area contributed by atoms with E-state index in [2.05, 4.69) is 20.3 Å². The summed E-state index contributed by atoms with van der Waals surface area (Å²) in [7, 11) is 3.73. The van der Waals surface area contributed by atoms with E-state index < -0.39 is 0 Å². The van der Waals surface area contributed by atoms with Crippen LogP contribution in [-0.4, -0.2) is 47.3 Å². The third kappa shape index (κ3) is 2.81. The van der Waals surface area contributed by atoms with Gasteiger partial charge >= 0.3 is 0 Å². The van der Waals surface area contributed by atoms with Crippen molar-refractivity contribution in [3.63, 3.8) is 0 Å². The second-order valence-corrected chi connectivity index (χ2v) is 3.05. The fraction of sp³-hybridized carbons (Fsp3) is 0.625. The third-order valence-electron chi connectivity index (χ3n) is 1.53. The average Bonchev–Trinajstić information content (AvgIpc) is 2.14. The van der Waals surface area contributed by atoms with Gasteiger partial charge in [-0.2, -0.15) is 15.0 Å². The van der Waals surface area contributed by atoms with Crippen molar-refractivity contribution < 1.29 is 5.11 Å². The fourth-order valence-corrected chi connectivity index (χ4v) is 0.914. The van der Waals surface area contributed by atoms with Crippen LogP contribution in [0.5, 0.6) is 0 Å². The molecule has 0 saturated carbocycles. The van der Waals surface area contributed by atoms with E-state index in [1.807, 2.05) is 14.1 Å². The Labute approximate surface area is 83.0 Å². The number of hydrogen-bond acceptors (Lipinski definition) is 6. The molecule has 6 nitrogen and oxygen atoms in total. The maximum Gasteiger partial charge on any atom is 0.229 e. The first-order valence-electron chi connectivity index (χ1n) is 4.38. The van der Waals surface area contributed by atoms with Crippen LogP contribution in [0.1, 0.15) is 5.82 Å². The van der Waals surface area contributed by atoms with Gasteiger partial charge < -0.3 is 15.3 Å². The predicted molar refractivity (Wildman–Crippen MR) is 54.5 cm³/mol. The molecule has 0 saturated heterocycles. The van der Waals surface area contributed by atoms with Gasteiger partial charge in [-0.25, -0.2) is 0 Å². The van der Waals surface area contributed by atoms with Gasteiger partial charge in [0, 0.05) is 20.6 Å². The fourth-order valence-electron chi connectivity index (χ4n) is 0.914. The molecule has 14 heavy (non-hydrogen) atoms. The van der Waals surface area contributed by atoms with Gasteiger partial charge in [0.25, 0.3) is 0 Å². The average molecular weight is 197 g/mol. The molecule has 0 bridgehead atoms. The van der Waals surface area contributed by atoms with Crippen LogP contribution >= 0.6 is 0 Å². The molecule has 0 atom stereocenters. The normalized spacial score (nSPS) is 10.0. The molecule has 0 aliphatic rings. The molecule has 2 N–H and O–H groups in total. The van der Waals surface area contributed by atoms with E-state index in [1.165, 1.54) is 0 Å². The smallest absolute Gasteiger partial charge is 0.229 e. The largest absolute Gasteiger partial charge is 0.395 e. The molecule has 0 aliphatic carbocycles. The van der Waals surface area contributed by atoms with E-state index in [9.17, 15) is 0 Å². The van der Waals surface area contributed by atoms with Gasteiger partial charge in [-0.1, -0.05) is 0 Å². The summed E-state index contributed by atoms with van der Waals surface area (Å²) in [4.78, 5) is 14.2. The topological polar surface area (TPSA) is 74.2 Å². The van der Waals surface area contributed by atoms with Gasteiger partial charge in [-0.05, 0) is 6.92 Å². The van der Waals surface area contributed by atoms with Crippen LogP contribution < -0.4 is 10.2 Å². The van der Waals surface area contributed by atoms with E-state index >= 15 is 0 Å². The number of aliphatic hydroxyl groups excluding tert-OH is 1. The Kier molecular flexibility index (Phi) is 3.58. The minimum Gasteiger partial charge on any atom is -0.395 e. The first kappa shape index (κ1) is 10.6. The molecule has 1 heterocycles. The van der Waals surface area contributed by atoms with Crippen molar-refractivity contribution in [3.05, 3.63) is 5.82 Å². The molecule has 1 aromatic rings. The molecule has 0 radical (unpaired) electrons. The lowest BCUT2D eigenvalue weighted by Gasteiger charge is -2.11. The number of nitrogens with zero attached hydrogens (tertiary/aromatic N) is 4. The molecule has 1 rings (SSSR count). The quantitative estimate of drug-likeness (QED) is 0.687. The Balaban J connectivity index is 2.84. The van der Waals surface area contributed by atoms with Crippen LogP contribution in [0.3, 0.4) is 0 Å². The number of aromatic nitrogens is 3. The van der Waals surface area contributed by atoms with Gasteiger partial charge in [0.2, 0.25) is 11.9 Å². The van der Waals surface area contributed by atoms with Crippen LogP contribution in [-0.2, 0) is 0 Å². The lowest BCUT2D eigenvalue weighted by Crippen LogP contribution is -2.17. The summed E-state index contributed by atoms with van der Waals surface area (Å²) in [6.07, 6.45) is 0. The summed E-state index contributed by atoms with van der Waals surface area (Å²) in [6, 6.07) is 0. The molecule has 0 aromatic carbocycles. The summed E-state index contributed by atoms with van der Waals surface area (Å²) in [5, 5.41) is 11.5. The Morgan fingerprint density at radius 2 is 2.00 bits per heavy atom.